The summed E-state index contributed by atoms with van der Waals surface area (Å²) in [5, 5.41) is 2.87. The lowest BCUT2D eigenvalue weighted by Crippen LogP contribution is -2.32. The van der Waals surface area contributed by atoms with Gasteiger partial charge in [0.25, 0.3) is 5.91 Å². The molecule has 0 bridgehead atoms. The number of anilines is 1. The lowest BCUT2D eigenvalue weighted by molar-refractivity contribution is -0.122. The van der Waals surface area contributed by atoms with Crippen molar-refractivity contribution >= 4 is 34.2 Å². The minimum Gasteiger partial charge on any atom is -0.481 e. The first kappa shape index (κ1) is 14.8. The molecule has 1 amide bonds. The number of carbonyl (C=O) groups is 1. The van der Waals surface area contributed by atoms with Crippen molar-refractivity contribution in [3.8, 4) is 5.75 Å². The van der Waals surface area contributed by atoms with E-state index in [0.29, 0.717) is 12.2 Å². The highest BCUT2D eigenvalue weighted by atomic mass is 127. The number of carbonyl (C=O) groups excluding carboxylic acids is 1. The van der Waals surface area contributed by atoms with Gasteiger partial charge in [0.1, 0.15) is 5.75 Å². The molecule has 0 aliphatic heterocycles. The number of hydrogen-bond acceptors (Lipinski definition) is 2. The molecule has 1 atom stereocenters. The lowest BCUT2D eigenvalue weighted by atomic mass is 10.2. The Morgan fingerprint density at radius 1 is 1.15 bits per heavy atom. The highest BCUT2D eigenvalue weighted by molar-refractivity contribution is 14.1. The third-order valence-corrected chi connectivity index (χ3v) is 3.52. The fourth-order valence-electron chi connectivity index (χ4n) is 1.74. The van der Waals surface area contributed by atoms with Gasteiger partial charge in [-0.15, -0.1) is 0 Å². The number of para-hydroxylation sites is 1. The molecule has 0 aliphatic carbocycles. The highest BCUT2D eigenvalue weighted by Crippen LogP contribution is 2.15. The molecule has 0 aromatic heterocycles. The molecular formula is C16H16INO2. The number of amides is 1. The Hall–Kier alpha value is -1.56. The van der Waals surface area contributed by atoms with E-state index in [9.17, 15) is 4.79 Å². The number of halogens is 1. The van der Waals surface area contributed by atoms with Crippen LogP contribution < -0.4 is 10.1 Å². The molecule has 2 rings (SSSR count). The maximum atomic E-state index is 12.2. The molecular weight excluding hydrogens is 365 g/mol. The van der Waals surface area contributed by atoms with Crippen LogP contribution >= 0.6 is 22.6 Å². The molecule has 3 nitrogen and oxygen atoms in total. The number of benzene rings is 2. The van der Waals surface area contributed by atoms with Gasteiger partial charge >= 0.3 is 0 Å². The summed E-state index contributed by atoms with van der Waals surface area (Å²) in [5.74, 6) is 0.578. The molecule has 2 aromatic carbocycles. The number of hydrogen-bond donors (Lipinski definition) is 1. The van der Waals surface area contributed by atoms with Crippen LogP contribution in [0.2, 0.25) is 0 Å². The summed E-state index contributed by atoms with van der Waals surface area (Å²) < 4.78 is 6.84. The second-order valence-electron chi connectivity index (χ2n) is 4.32. The van der Waals surface area contributed by atoms with Crippen molar-refractivity contribution in [3.63, 3.8) is 0 Å². The molecule has 4 heteroatoms. The van der Waals surface area contributed by atoms with Crippen LogP contribution in [0.4, 0.5) is 5.69 Å². The minimum absolute atomic E-state index is 0.127. The zero-order chi connectivity index (χ0) is 14.4. The van der Waals surface area contributed by atoms with Gasteiger partial charge in [-0.3, -0.25) is 4.79 Å². The summed E-state index contributed by atoms with van der Waals surface area (Å²) in [4.78, 5) is 12.2. The molecule has 0 heterocycles. The normalized spacial score (nSPS) is 11.7. The number of ether oxygens (including phenoxy) is 1. The Morgan fingerprint density at radius 3 is 2.40 bits per heavy atom. The van der Waals surface area contributed by atoms with Crippen molar-refractivity contribution in [1.29, 1.82) is 0 Å². The molecule has 0 fully saturated rings. The molecule has 1 unspecified atom stereocenters. The van der Waals surface area contributed by atoms with Crippen molar-refractivity contribution in [3.05, 3.63) is 58.2 Å². The van der Waals surface area contributed by atoms with Gasteiger partial charge in [0, 0.05) is 9.26 Å². The second-order valence-corrected chi connectivity index (χ2v) is 5.57. The first-order chi connectivity index (χ1) is 9.69. The monoisotopic (exact) mass is 381 g/mol. The van der Waals surface area contributed by atoms with Crippen LogP contribution in [-0.2, 0) is 4.79 Å². The maximum absolute atomic E-state index is 12.2. The summed E-state index contributed by atoms with van der Waals surface area (Å²) in [7, 11) is 0. The van der Waals surface area contributed by atoms with Crippen LogP contribution in [0.3, 0.4) is 0 Å². The molecule has 20 heavy (non-hydrogen) atoms. The first-order valence-electron chi connectivity index (χ1n) is 6.47. The molecule has 0 saturated carbocycles. The molecule has 104 valence electrons. The smallest absolute Gasteiger partial charge is 0.265 e. The van der Waals surface area contributed by atoms with Gasteiger partial charge in [-0.25, -0.2) is 0 Å². The van der Waals surface area contributed by atoms with E-state index >= 15 is 0 Å². The van der Waals surface area contributed by atoms with Gasteiger partial charge in [-0.2, -0.15) is 0 Å². The van der Waals surface area contributed by atoms with Crippen molar-refractivity contribution in [2.45, 2.75) is 19.4 Å². The van der Waals surface area contributed by atoms with Gasteiger partial charge in [0.15, 0.2) is 6.10 Å². The standard InChI is InChI=1S/C16H16INO2/c1-2-15(20-14-6-4-3-5-7-14)16(19)18-13-10-8-12(17)9-11-13/h3-11,15H,2H2,1H3,(H,18,19). The quantitative estimate of drug-likeness (QED) is 0.793. The molecule has 2 aromatic rings. The average Bonchev–Trinajstić information content (AvgIpc) is 2.48. The summed E-state index contributed by atoms with van der Waals surface area (Å²) in [5.41, 5.74) is 0.783. The third-order valence-electron chi connectivity index (χ3n) is 2.80. The van der Waals surface area contributed by atoms with Crippen LogP contribution in [0.25, 0.3) is 0 Å². The Labute approximate surface area is 132 Å². The summed E-state index contributed by atoms with van der Waals surface area (Å²) in [6, 6.07) is 17.1. The number of rotatable bonds is 5. The van der Waals surface area contributed by atoms with Gasteiger partial charge < -0.3 is 10.1 Å². The maximum Gasteiger partial charge on any atom is 0.265 e. The van der Waals surface area contributed by atoms with Gasteiger partial charge in [-0.05, 0) is 65.4 Å². The molecule has 0 radical (unpaired) electrons. The Kier molecular flexibility index (Phi) is 5.40. The average molecular weight is 381 g/mol. The van der Waals surface area contributed by atoms with Crippen LogP contribution in [0.15, 0.2) is 54.6 Å². The van der Waals surface area contributed by atoms with E-state index in [0.717, 1.165) is 9.26 Å². The number of nitrogens with one attached hydrogen (secondary N) is 1. The predicted molar refractivity (Wildman–Crippen MR) is 88.9 cm³/mol. The zero-order valence-corrected chi connectivity index (χ0v) is 13.3. The van der Waals surface area contributed by atoms with E-state index in [1.807, 2.05) is 61.5 Å². The lowest BCUT2D eigenvalue weighted by Gasteiger charge is -2.17. The zero-order valence-electron chi connectivity index (χ0n) is 11.2. The van der Waals surface area contributed by atoms with E-state index in [2.05, 4.69) is 27.9 Å². The Morgan fingerprint density at radius 2 is 1.80 bits per heavy atom. The topological polar surface area (TPSA) is 38.3 Å². The largest absolute Gasteiger partial charge is 0.481 e. The summed E-state index contributed by atoms with van der Waals surface area (Å²) >= 11 is 2.23. The van der Waals surface area contributed by atoms with Crippen molar-refractivity contribution in [1.82, 2.24) is 0 Å². The van der Waals surface area contributed by atoms with Crippen molar-refractivity contribution < 1.29 is 9.53 Å². The van der Waals surface area contributed by atoms with Gasteiger partial charge in [0.05, 0.1) is 0 Å². The molecule has 1 N–H and O–H groups in total. The highest BCUT2D eigenvalue weighted by Gasteiger charge is 2.18. The first-order valence-corrected chi connectivity index (χ1v) is 7.55. The van der Waals surface area contributed by atoms with E-state index in [1.165, 1.54) is 0 Å². The van der Waals surface area contributed by atoms with Gasteiger partial charge in [0.2, 0.25) is 0 Å². The second kappa shape index (κ2) is 7.28. The van der Waals surface area contributed by atoms with Crippen LogP contribution in [0, 0.1) is 3.57 Å². The van der Waals surface area contributed by atoms with Crippen molar-refractivity contribution in [2.75, 3.05) is 5.32 Å². The fourth-order valence-corrected chi connectivity index (χ4v) is 2.10. The Bertz CT molecular complexity index is 554. The van der Waals surface area contributed by atoms with E-state index in [1.54, 1.807) is 0 Å². The molecule has 0 saturated heterocycles. The van der Waals surface area contributed by atoms with Crippen LogP contribution in [0.5, 0.6) is 5.75 Å². The SMILES string of the molecule is CCC(Oc1ccccc1)C(=O)Nc1ccc(I)cc1. The van der Waals surface area contributed by atoms with E-state index in [-0.39, 0.29) is 5.91 Å². The Balaban J connectivity index is 2.00. The van der Waals surface area contributed by atoms with Crippen LogP contribution in [-0.4, -0.2) is 12.0 Å². The fraction of sp³-hybridized carbons (Fsp3) is 0.188. The summed E-state index contributed by atoms with van der Waals surface area (Å²) in [6.07, 6.45) is 0.127. The van der Waals surface area contributed by atoms with E-state index < -0.39 is 6.10 Å². The van der Waals surface area contributed by atoms with Gasteiger partial charge in [-0.1, -0.05) is 25.1 Å². The predicted octanol–water partition coefficient (Wildman–Crippen LogP) is 4.09. The molecule has 0 spiro atoms. The molecule has 0 aliphatic rings. The van der Waals surface area contributed by atoms with Crippen molar-refractivity contribution in [2.24, 2.45) is 0 Å². The third kappa shape index (κ3) is 4.23. The minimum atomic E-state index is -0.489. The summed E-state index contributed by atoms with van der Waals surface area (Å²) in [6.45, 7) is 1.93. The van der Waals surface area contributed by atoms with Crippen LogP contribution in [0.1, 0.15) is 13.3 Å². The van der Waals surface area contributed by atoms with E-state index in [4.69, 9.17) is 4.74 Å².